The van der Waals surface area contributed by atoms with Gasteiger partial charge >= 0.3 is 0 Å². The first-order valence-electron chi connectivity index (χ1n) is 7.36. The van der Waals surface area contributed by atoms with Crippen LogP contribution in [-0.2, 0) is 11.2 Å². The minimum absolute atomic E-state index is 0.103. The summed E-state index contributed by atoms with van der Waals surface area (Å²) in [6.07, 6.45) is 3.41. The quantitative estimate of drug-likeness (QED) is 0.829. The van der Waals surface area contributed by atoms with Crippen molar-refractivity contribution in [3.63, 3.8) is 0 Å². The molecule has 0 bridgehead atoms. The van der Waals surface area contributed by atoms with Crippen LogP contribution in [0.25, 0.3) is 0 Å². The van der Waals surface area contributed by atoms with E-state index in [-0.39, 0.29) is 17.3 Å². The highest BCUT2D eigenvalue weighted by Gasteiger charge is 2.47. The lowest BCUT2D eigenvalue weighted by molar-refractivity contribution is -0.121. The van der Waals surface area contributed by atoms with Gasteiger partial charge in [-0.15, -0.1) is 0 Å². The summed E-state index contributed by atoms with van der Waals surface area (Å²) in [5, 5.41) is 0. The summed E-state index contributed by atoms with van der Waals surface area (Å²) in [7, 11) is 0. The van der Waals surface area contributed by atoms with Crippen molar-refractivity contribution in [1.82, 2.24) is 0 Å². The molecule has 0 saturated heterocycles. The van der Waals surface area contributed by atoms with Crippen LogP contribution >= 0.6 is 0 Å². The first kappa shape index (κ1) is 13.3. The van der Waals surface area contributed by atoms with E-state index < -0.39 is 0 Å². The van der Waals surface area contributed by atoms with Crippen LogP contribution in [0.3, 0.4) is 0 Å². The van der Waals surface area contributed by atoms with Crippen molar-refractivity contribution in [2.45, 2.75) is 52.1 Å². The lowest BCUT2D eigenvalue weighted by atomic mass is 9.71. The van der Waals surface area contributed by atoms with Gasteiger partial charge in [0, 0.05) is 23.8 Å². The van der Waals surface area contributed by atoms with Crippen molar-refractivity contribution in [3.8, 4) is 5.75 Å². The first-order chi connectivity index (χ1) is 9.50. The Labute approximate surface area is 119 Å². The molecular weight excluding hydrogens is 252 g/mol. The summed E-state index contributed by atoms with van der Waals surface area (Å²) in [5.41, 5.74) is 1.60. The van der Waals surface area contributed by atoms with Crippen LogP contribution in [-0.4, -0.2) is 17.7 Å². The molecule has 0 radical (unpaired) electrons. The molecule has 2 aliphatic rings. The molecule has 106 valence electrons. The molecular formula is C17H20O3. The van der Waals surface area contributed by atoms with Gasteiger partial charge in [-0.3, -0.25) is 9.59 Å². The molecule has 0 unspecified atom stereocenters. The zero-order chi connectivity index (χ0) is 14.3. The summed E-state index contributed by atoms with van der Waals surface area (Å²) in [6.45, 7) is 3.95. The van der Waals surface area contributed by atoms with Gasteiger partial charge in [0.25, 0.3) is 0 Å². The largest absolute Gasteiger partial charge is 0.491 e. The zero-order valence-electron chi connectivity index (χ0n) is 12.1. The molecule has 3 heteroatoms. The SMILES string of the molecule is CC(C)Oc1ccc2c(c1)C(=O)C1(CCC(=O)CC1)C2. The molecule has 1 saturated carbocycles. The van der Waals surface area contributed by atoms with E-state index in [1.807, 2.05) is 32.0 Å². The van der Waals surface area contributed by atoms with Gasteiger partial charge in [-0.25, -0.2) is 0 Å². The maximum Gasteiger partial charge on any atom is 0.169 e. The Morgan fingerprint density at radius 1 is 1.15 bits per heavy atom. The van der Waals surface area contributed by atoms with Crippen LogP contribution in [0, 0.1) is 5.41 Å². The Hall–Kier alpha value is -1.64. The van der Waals surface area contributed by atoms with Crippen LogP contribution in [0.5, 0.6) is 5.75 Å². The van der Waals surface area contributed by atoms with Crippen molar-refractivity contribution >= 4 is 11.6 Å². The molecule has 1 spiro atoms. The average Bonchev–Trinajstić information content (AvgIpc) is 2.67. The second-order valence-corrected chi connectivity index (χ2v) is 6.31. The fourth-order valence-corrected chi connectivity index (χ4v) is 3.41. The molecule has 3 nitrogen and oxygen atoms in total. The molecule has 3 rings (SSSR count). The van der Waals surface area contributed by atoms with Gasteiger partial charge in [0.05, 0.1) is 6.10 Å². The topological polar surface area (TPSA) is 43.4 Å². The molecule has 0 aliphatic heterocycles. The minimum atomic E-state index is -0.313. The van der Waals surface area contributed by atoms with Crippen molar-refractivity contribution in [2.24, 2.45) is 5.41 Å². The fourth-order valence-electron chi connectivity index (χ4n) is 3.41. The maximum absolute atomic E-state index is 12.8. The Morgan fingerprint density at radius 3 is 2.50 bits per heavy atom. The summed E-state index contributed by atoms with van der Waals surface area (Å²) in [6, 6.07) is 5.83. The Morgan fingerprint density at radius 2 is 1.85 bits per heavy atom. The van der Waals surface area contributed by atoms with Crippen LogP contribution in [0.1, 0.15) is 55.5 Å². The average molecular weight is 272 g/mol. The molecule has 2 aliphatic carbocycles. The Kier molecular flexibility index (Phi) is 3.15. The second-order valence-electron chi connectivity index (χ2n) is 6.31. The summed E-state index contributed by atoms with van der Waals surface area (Å²) < 4.78 is 5.67. The van der Waals surface area contributed by atoms with Crippen molar-refractivity contribution in [1.29, 1.82) is 0 Å². The van der Waals surface area contributed by atoms with Gasteiger partial charge in [-0.05, 0) is 50.8 Å². The van der Waals surface area contributed by atoms with Crippen molar-refractivity contribution in [2.75, 3.05) is 0 Å². The van der Waals surface area contributed by atoms with E-state index in [9.17, 15) is 9.59 Å². The number of benzene rings is 1. The highest BCUT2D eigenvalue weighted by atomic mass is 16.5. The number of fused-ring (bicyclic) bond motifs is 1. The van der Waals surface area contributed by atoms with Crippen molar-refractivity contribution < 1.29 is 14.3 Å². The van der Waals surface area contributed by atoms with Gasteiger partial charge in [0.15, 0.2) is 5.78 Å². The standard InChI is InChI=1S/C17H20O3/c1-11(2)20-14-4-3-12-10-17(16(19)15(12)9-14)7-5-13(18)6-8-17/h3-4,9,11H,5-8,10H2,1-2H3. The molecule has 0 amide bonds. The van der Waals surface area contributed by atoms with Gasteiger partial charge < -0.3 is 4.74 Å². The number of carbonyl (C=O) groups excluding carboxylic acids is 2. The van der Waals surface area contributed by atoms with Crippen LogP contribution < -0.4 is 4.74 Å². The van der Waals surface area contributed by atoms with Gasteiger partial charge in [0.1, 0.15) is 11.5 Å². The molecule has 0 atom stereocenters. The molecule has 1 aromatic carbocycles. The van der Waals surface area contributed by atoms with Crippen molar-refractivity contribution in [3.05, 3.63) is 29.3 Å². The first-order valence-corrected chi connectivity index (χ1v) is 7.36. The number of Topliss-reactive ketones (excluding diaryl/α,β-unsaturated/α-hetero) is 2. The number of hydrogen-bond donors (Lipinski definition) is 0. The highest BCUT2D eigenvalue weighted by molar-refractivity contribution is 6.06. The third-order valence-corrected chi connectivity index (χ3v) is 4.47. The van der Waals surface area contributed by atoms with E-state index in [1.165, 1.54) is 0 Å². The molecule has 0 N–H and O–H groups in total. The lowest BCUT2D eigenvalue weighted by Gasteiger charge is -2.30. The second kappa shape index (κ2) is 4.72. The predicted molar refractivity (Wildman–Crippen MR) is 76.1 cm³/mol. The lowest BCUT2D eigenvalue weighted by Crippen LogP contribution is -2.33. The van der Waals surface area contributed by atoms with Crippen LogP contribution in [0.15, 0.2) is 18.2 Å². The predicted octanol–water partition coefficient (Wildman–Crippen LogP) is 3.34. The summed E-state index contributed by atoms with van der Waals surface area (Å²) in [4.78, 5) is 24.2. The smallest absolute Gasteiger partial charge is 0.169 e. The van der Waals surface area contributed by atoms with E-state index in [1.54, 1.807) is 0 Å². The van der Waals surface area contributed by atoms with Gasteiger partial charge in [0.2, 0.25) is 0 Å². The van der Waals surface area contributed by atoms with E-state index in [2.05, 4.69) is 0 Å². The molecule has 1 aromatic rings. The minimum Gasteiger partial charge on any atom is -0.491 e. The third-order valence-electron chi connectivity index (χ3n) is 4.47. The number of rotatable bonds is 2. The normalized spacial score (nSPS) is 20.6. The number of carbonyl (C=O) groups is 2. The monoisotopic (exact) mass is 272 g/mol. The third kappa shape index (κ3) is 2.15. The number of hydrogen-bond acceptors (Lipinski definition) is 3. The van der Waals surface area contributed by atoms with E-state index in [0.717, 1.165) is 23.3 Å². The molecule has 1 fully saturated rings. The van der Waals surface area contributed by atoms with E-state index in [4.69, 9.17) is 4.74 Å². The summed E-state index contributed by atoms with van der Waals surface area (Å²) in [5.74, 6) is 1.27. The number of ether oxygens (including phenoxy) is 1. The zero-order valence-corrected chi connectivity index (χ0v) is 12.1. The van der Waals surface area contributed by atoms with E-state index in [0.29, 0.717) is 31.5 Å². The Balaban J connectivity index is 1.89. The maximum atomic E-state index is 12.8. The van der Waals surface area contributed by atoms with Gasteiger partial charge in [-0.1, -0.05) is 6.07 Å². The summed E-state index contributed by atoms with van der Waals surface area (Å²) >= 11 is 0. The van der Waals surface area contributed by atoms with Crippen LogP contribution in [0.2, 0.25) is 0 Å². The molecule has 20 heavy (non-hydrogen) atoms. The van der Waals surface area contributed by atoms with Crippen LogP contribution in [0.4, 0.5) is 0 Å². The highest BCUT2D eigenvalue weighted by Crippen LogP contribution is 2.47. The fraction of sp³-hybridized carbons (Fsp3) is 0.529. The number of ketones is 2. The molecule has 0 heterocycles. The van der Waals surface area contributed by atoms with Gasteiger partial charge in [-0.2, -0.15) is 0 Å². The Bertz CT molecular complexity index is 562. The molecule has 0 aromatic heterocycles. The van der Waals surface area contributed by atoms with E-state index >= 15 is 0 Å².